The van der Waals surface area contributed by atoms with E-state index in [-0.39, 0.29) is 13.1 Å². The molecule has 0 spiro atoms. The number of hydrogen-bond donors (Lipinski definition) is 0. The summed E-state index contributed by atoms with van der Waals surface area (Å²) in [6.07, 6.45) is 0. The summed E-state index contributed by atoms with van der Waals surface area (Å²) in [5.74, 6) is -0.467. The van der Waals surface area contributed by atoms with Crippen LogP contribution in [0.5, 0.6) is 0 Å². The molecule has 0 aliphatic rings. The zero-order valence-electron chi connectivity index (χ0n) is 18.0. The van der Waals surface area contributed by atoms with E-state index >= 15 is 0 Å². The first kappa shape index (κ1) is 28.9. The Kier molecular flexibility index (Phi) is 11.8. The van der Waals surface area contributed by atoms with Crippen LogP contribution in [0, 0.1) is 24.5 Å². The first-order valence-electron chi connectivity index (χ1n) is 9.40. The molecule has 0 heterocycles. The maximum absolute atomic E-state index is 12.9. The number of rotatable bonds is 8. The quantitative estimate of drug-likeness (QED) is 0.128. The summed E-state index contributed by atoms with van der Waals surface area (Å²) in [5.41, 5.74) is 10.4. The topological polar surface area (TPSA) is 115 Å². The van der Waals surface area contributed by atoms with Crippen LogP contribution in [0.4, 0.5) is 5.69 Å². The fourth-order valence-electron chi connectivity index (χ4n) is 3.24. The summed E-state index contributed by atoms with van der Waals surface area (Å²) in [5, 5.41) is 11.2. The van der Waals surface area contributed by atoms with Gasteiger partial charge in [-0.3, -0.25) is 10.1 Å². The molecule has 0 saturated heterocycles. The predicted molar refractivity (Wildman–Crippen MR) is 129 cm³/mol. The van der Waals surface area contributed by atoms with E-state index in [2.05, 4.69) is 14.4 Å². The number of hydrogen-bond acceptors (Lipinski definition) is 4. The number of nitrogens with zero attached hydrogens (tertiary/aromatic N) is 2. The van der Waals surface area contributed by atoms with Crippen LogP contribution in [0.1, 0.15) is 34.3 Å². The molecule has 2 unspecified atom stereocenters. The van der Waals surface area contributed by atoms with Gasteiger partial charge in [-0.1, -0.05) is 83.9 Å². The molecule has 0 fully saturated rings. The molecule has 1 N–H and O–H groups in total. The van der Waals surface area contributed by atoms with E-state index < -0.39 is 32.8 Å². The SMILES string of the molecule is Cc1c(CS(=O)(=O)[N-]C(c2ccccc2)C([NH-])c2ccccc2)cccc1[N+](=O)[O-].[CH3-].[Cl][Ru+3]. The molecule has 176 valence electrons. The van der Waals surface area contributed by atoms with Crippen molar-refractivity contribution >= 4 is 25.4 Å². The molecule has 7 nitrogen and oxygen atoms in total. The summed E-state index contributed by atoms with van der Waals surface area (Å²) < 4.78 is 29.9. The van der Waals surface area contributed by atoms with Gasteiger partial charge in [0.15, 0.2) is 0 Å². The summed E-state index contributed by atoms with van der Waals surface area (Å²) in [6.45, 7) is 1.52. The van der Waals surface area contributed by atoms with E-state index in [1.807, 2.05) is 29.4 Å². The Morgan fingerprint density at radius 3 is 2.00 bits per heavy atom. The van der Waals surface area contributed by atoms with Crippen LogP contribution >= 0.6 is 9.69 Å². The Balaban J connectivity index is 0.00000177. The first-order chi connectivity index (χ1) is 15.3. The molecule has 3 aromatic carbocycles. The van der Waals surface area contributed by atoms with Gasteiger partial charge in [-0.2, -0.15) is 0 Å². The Hall–Kier alpha value is -2.16. The number of benzene rings is 3. The molecule has 3 rings (SSSR count). The van der Waals surface area contributed by atoms with Crippen LogP contribution < -0.4 is 0 Å². The second-order valence-corrected chi connectivity index (χ2v) is 8.56. The third kappa shape index (κ3) is 7.98. The van der Waals surface area contributed by atoms with Gasteiger partial charge in [-0.25, -0.2) is 8.42 Å². The summed E-state index contributed by atoms with van der Waals surface area (Å²) in [6, 6.07) is 20.3. The standard InChI is InChI=1S/C22H21N3O4S.CH3.ClH.Ru/c1-16-19(13-8-14-20(16)25(26)27)15-30(28,29)24-22(18-11-6-3-7-12-18)21(23)17-9-4-2-5-10-17;;;/h2-14,21-23H,15H2,1H3;1H3;1H;/q-2;-1;;+4/p-1. The van der Waals surface area contributed by atoms with Crippen molar-refractivity contribution in [3.63, 3.8) is 0 Å². The Morgan fingerprint density at radius 2 is 1.48 bits per heavy atom. The zero-order chi connectivity index (χ0) is 23.7. The number of halogens is 1. The van der Waals surface area contributed by atoms with Crippen LogP contribution in [-0.2, 0) is 33.1 Å². The molecular formula is C23H24ClN3O4RuS. The maximum atomic E-state index is 12.9. The van der Waals surface area contributed by atoms with Crippen molar-refractivity contribution in [2.45, 2.75) is 24.8 Å². The Labute approximate surface area is 209 Å². The van der Waals surface area contributed by atoms with E-state index in [4.69, 9.17) is 5.73 Å². The Bertz CT molecular complexity index is 1130. The van der Waals surface area contributed by atoms with Crippen molar-refractivity contribution in [2.75, 3.05) is 0 Å². The number of nitro benzene ring substituents is 1. The van der Waals surface area contributed by atoms with Gasteiger partial charge in [0.1, 0.15) is 0 Å². The third-order valence-corrected chi connectivity index (χ3v) is 6.07. The van der Waals surface area contributed by atoms with Crippen LogP contribution in [0.25, 0.3) is 10.5 Å². The van der Waals surface area contributed by atoms with Crippen molar-refractivity contribution < 1.29 is 30.7 Å². The van der Waals surface area contributed by atoms with Gasteiger partial charge in [-0.05, 0) is 12.5 Å². The average molecular weight is 575 g/mol. The van der Waals surface area contributed by atoms with Crippen LogP contribution in [0.15, 0.2) is 78.9 Å². The van der Waals surface area contributed by atoms with Gasteiger partial charge in [0.25, 0.3) is 5.69 Å². The van der Waals surface area contributed by atoms with E-state index in [0.29, 0.717) is 22.3 Å². The molecule has 33 heavy (non-hydrogen) atoms. The van der Waals surface area contributed by atoms with Crippen LogP contribution in [-0.4, -0.2) is 13.3 Å². The zero-order valence-corrected chi connectivity index (χ0v) is 21.3. The summed E-state index contributed by atoms with van der Waals surface area (Å²) >= 11 is 1.82. The molecule has 0 saturated carbocycles. The number of nitro groups is 1. The first-order valence-corrected chi connectivity index (χ1v) is 13.3. The fraction of sp³-hybridized carbons (Fsp3) is 0.174. The molecule has 0 radical (unpaired) electrons. The van der Waals surface area contributed by atoms with Crippen LogP contribution in [0.3, 0.4) is 0 Å². The Morgan fingerprint density at radius 1 is 0.970 bits per heavy atom. The van der Waals surface area contributed by atoms with E-state index in [9.17, 15) is 18.5 Å². The predicted octanol–water partition coefficient (Wildman–Crippen LogP) is 6.78. The van der Waals surface area contributed by atoms with Crippen molar-refractivity contribution in [3.05, 3.63) is 129 Å². The second-order valence-electron chi connectivity index (χ2n) is 6.89. The van der Waals surface area contributed by atoms with E-state index in [1.54, 1.807) is 54.6 Å². The van der Waals surface area contributed by atoms with Gasteiger partial charge in [-0.15, -0.1) is 12.1 Å². The number of sulfonamides is 1. The molecular weight excluding hydrogens is 551 g/mol. The molecule has 0 bridgehead atoms. The van der Waals surface area contributed by atoms with Gasteiger partial charge in [0.2, 0.25) is 0 Å². The summed E-state index contributed by atoms with van der Waals surface area (Å²) in [7, 11) is 0.551. The second kappa shape index (κ2) is 13.5. The van der Waals surface area contributed by atoms with Crippen molar-refractivity contribution in [3.8, 4) is 0 Å². The molecule has 0 aliphatic carbocycles. The van der Waals surface area contributed by atoms with E-state index in [0.717, 1.165) is 0 Å². The van der Waals surface area contributed by atoms with Crippen molar-refractivity contribution in [1.29, 1.82) is 0 Å². The van der Waals surface area contributed by atoms with E-state index in [1.165, 1.54) is 19.1 Å². The van der Waals surface area contributed by atoms with Gasteiger partial charge < -0.3 is 17.9 Å². The van der Waals surface area contributed by atoms with Gasteiger partial charge in [0.05, 0.1) is 20.7 Å². The molecule has 0 amide bonds. The van der Waals surface area contributed by atoms with Gasteiger partial charge >= 0.3 is 27.0 Å². The number of nitrogens with one attached hydrogen (secondary N) is 1. The third-order valence-electron chi connectivity index (χ3n) is 4.84. The average Bonchev–Trinajstić information content (AvgIpc) is 2.80. The van der Waals surface area contributed by atoms with Crippen molar-refractivity contribution in [2.24, 2.45) is 0 Å². The van der Waals surface area contributed by atoms with Gasteiger partial charge in [0, 0.05) is 11.6 Å². The molecule has 0 aromatic heterocycles. The molecule has 10 heteroatoms. The summed E-state index contributed by atoms with van der Waals surface area (Å²) in [4.78, 5) is 10.6. The normalized spacial score (nSPS) is 12.5. The van der Waals surface area contributed by atoms with Crippen LogP contribution in [0.2, 0.25) is 0 Å². The minimum atomic E-state index is -4.02. The fourth-order valence-corrected chi connectivity index (χ4v) is 4.61. The molecule has 0 aliphatic heterocycles. The molecule has 3 aromatic rings. The monoisotopic (exact) mass is 575 g/mol. The minimum absolute atomic E-state index is 0. The van der Waals surface area contributed by atoms with Crippen molar-refractivity contribution in [1.82, 2.24) is 0 Å². The molecule has 2 atom stereocenters.